The van der Waals surface area contributed by atoms with Gasteiger partial charge in [-0.1, -0.05) is 6.07 Å². The zero-order valence-electron chi connectivity index (χ0n) is 11.7. The van der Waals surface area contributed by atoms with Crippen molar-refractivity contribution < 1.29 is 27.8 Å². The van der Waals surface area contributed by atoms with Gasteiger partial charge in [-0.2, -0.15) is 13.2 Å². The lowest BCUT2D eigenvalue weighted by Crippen LogP contribution is -2.21. The highest BCUT2D eigenvalue weighted by atomic mass is 35.5. The smallest absolute Gasteiger partial charge is 0.416 e. The van der Waals surface area contributed by atoms with Crippen LogP contribution >= 0.6 is 11.6 Å². The van der Waals surface area contributed by atoms with Crippen molar-refractivity contribution in [3.8, 4) is 0 Å². The van der Waals surface area contributed by atoms with Crippen LogP contribution in [0.1, 0.15) is 11.1 Å². The van der Waals surface area contributed by atoms with E-state index < -0.39 is 23.8 Å². The van der Waals surface area contributed by atoms with Crippen molar-refractivity contribution in [2.24, 2.45) is 0 Å². The van der Waals surface area contributed by atoms with Crippen molar-refractivity contribution in [3.05, 3.63) is 35.4 Å². The molecule has 22 heavy (non-hydrogen) atoms. The first-order chi connectivity index (χ1) is 10.3. The first-order valence-electron chi connectivity index (χ1n) is 6.23. The van der Waals surface area contributed by atoms with E-state index in [9.17, 15) is 23.1 Å². The molecule has 0 spiro atoms. The van der Waals surface area contributed by atoms with Gasteiger partial charge in [-0.25, -0.2) is 4.79 Å². The number of alkyl halides is 4. The fourth-order valence-corrected chi connectivity index (χ4v) is 1.65. The lowest BCUT2D eigenvalue weighted by atomic mass is 10.1. The second-order valence-electron chi connectivity index (χ2n) is 4.35. The largest absolute Gasteiger partial charge is 0.466 e. The molecule has 0 heterocycles. The predicted molar refractivity (Wildman–Crippen MR) is 77.7 cm³/mol. The van der Waals surface area contributed by atoms with Gasteiger partial charge in [0.1, 0.15) is 0 Å². The fraction of sp³-hybridized carbons (Fsp3) is 0.357. The summed E-state index contributed by atoms with van der Waals surface area (Å²) in [4.78, 5) is 11.1. The molecule has 4 nitrogen and oxygen atoms in total. The minimum atomic E-state index is -4.49. The summed E-state index contributed by atoms with van der Waals surface area (Å²) in [7, 11) is 1.19. The van der Waals surface area contributed by atoms with E-state index >= 15 is 0 Å². The third kappa shape index (κ3) is 5.57. The third-order valence-electron chi connectivity index (χ3n) is 2.69. The zero-order valence-corrected chi connectivity index (χ0v) is 12.4. The molecule has 0 aliphatic carbocycles. The number of rotatable bonds is 6. The maximum absolute atomic E-state index is 12.7. The predicted octanol–water partition coefficient (Wildman–Crippen LogP) is 2.90. The molecular weight excluding hydrogens is 323 g/mol. The molecule has 0 aromatic heterocycles. The van der Waals surface area contributed by atoms with Gasteiger partial charge in [0.25, 0.3) is 0 Å². The van der Waals surface area contributed by atoms with Gasteiger partial charge in [0, 0.05) is 18.3 Å². The highest BCUT2D eigenvalue weighted by Crippen LogP contribution is 2.32. The molecule has 1 rings (SSSR count). The Kier molecular flexibility index (Phi) is 6.70. The third-order valence-corrected chi connectivity index (χ3v) is 3.04. The second-order valence-corrected chi connectivity index (χ2v) is 4.65. The molecule has 1 aromatic rings. The quantitative estimate of drug-likeness (QED) is 0.476. The van der Waals surface area contributed by atoms with Crippen LogP contribution in [0.3, 0.4) is 0 Å². The van der Waals surface area contributed by atoms with Crippen molar-refractivity contribution in [1.29, 1.82) is 0 Å². The molecule has 0 fully saturated rings. The molecule has 2 N–H and O–H groups in total. The van der Waals surface area contributed by atoms with Gasteiger partial charge in [-0.3, -0.25) is 0 Å². The summed E-state index contributed by atoms with van der Waals surface area (Å²) in [6.07, 6.45) is -2.99. The minimum Gasteiger partial charge on any atom is -0.466 e. The molecule has 8 heteroatoms. The summed E-state index contributed by atoms with van der Waals surface area (Å²) in [6.45, 7) is -0.0239. The number of aliphatic hydroxyl groups excluding tert-OH is 1. The lowest BCUT2D eigenvalue weighted by molar-refractivity contribution is -0.137. The molecule has 0 radical (unpaired) electrons. The number of nitrogens with one attached hydrogen (secondary N) is 1. The number of carbonyl (C=O) groups is 1. The number of anilines is 1. The van der Waals surface area contributed by atoms with Crippen LogP contribution in [0.4, 0.5) is 18.9 Å². The molecular formula is C14H15ClF3NO3. The molecule has 0 aliphatic heterocycles. The number of benzene rings is 1. The fourth-order valence-electron chi connectivity index (χ4n) is 1.54. The molecule has 0 aliphatic rings. The van der Waals surface area contributed by atoms with Crippen LogP contribution in [0.5, 0.6) is 0 Å². The Morgan fingerprint density at radius 3 is 2.73 bits per heavy atom. The maximum atomic E-state index is 12.7. The number of carbonyl (C=O) groups excluding carboxylic acids is 1. The number of halogens is 4. The summed E-state index contributed by atoms with van der Waals surface area (Å²) in [5.74, 6) is -0.689. The van der Waals surface area contributed by atoms with Crippen LogP contribution in [-0.2, 0) is 15.7 Å². The number of ether oxygens (including phenoxy) is 1. The molecule has 0 saturated carbocycles. The first kappa shape index (κ1) is 18.3. The Labute approximate surface area is 130 Å². The molecule has 0 bridgehead atoms. The Hall–Kier alpha value is -1.73. The summed E-state index contributed by atoms with van der Waals surface area (Å²) in [5.41, 5.74) is -0.370. The molecule has 122 valence electrons. The van der Waals surface area contributed by atoms with Crippen molar-refractivity contribution in [3.63, 3.8) is 0 Å². The molecule has 0 amide bonds. The molecule has 1 atom stereocenters. The molecule has 0 saturated heterocycles. The van der Waals surface area contributed by atoms with Crippen molar-refractivity contribution >= 4 is 29.3 Å². The lowest BCUT2D eigenvalue weighted by Gasteiger charge is -2.15. The van der Waals surface area contributed by atoms with E-state index in [0.29, 0.717) is 5.56 Å². The zero-order chi connectivity index (χ0) is 16.8. The monoisotopic (exact) mass is 337 g/mol. The average Bonchev–Trinajstić information content (AvgIpc) is 2.49. The standard InChI is InChI=1S/C14H15ClF3NO3/c1-22-13(21)5-3-9-2-4-10(14(16,17)18)6-12(9)19-8-11(20)7-15/h2-6,11,19-20H,7-8H2,1H3. The average molecular weight is 338 g/mol. The number of methoxy groups -OCH3 is 1. The summed E-state index contributed by atoms with van der Waals surface area (Å²) in [5, 5.41) is 12.1. The van der Waals surface area contributed by atoms with E-state index in [-0.39, 0.29) is 18.1 Å². The van der Waals surface area contributed by atoms with Crippen LogP contribution in [0.25, 0.3) is 6.08 Å². The van der Waals surface area contributed by atoms with Crippen LogP contribution < -0.4 is 5.32 Å². The Bertz CT molecular complexity index is 547. The van der Waals surface area contributed by atoms with E-state index in [1.165, 1.54) is 19.3 Å². The first-order valence-corrected chi connectivity index (χ1v) is 6.76. The van der Waals surface area contributed by atoms with Crippen molar-refractivity contribution in [2.75, 3.05) is 24.9 Å². The number of aliphatic hydroxyl groups is 1. The van der Waals surface area contributed by atoms with Crippen LogP contribution in [0.15, 0.2) is 24.3 Å². The van der Waals surface area contributed by atoms with Gasteiger partial charge in [0.15, 0.2) is 0 Å². The Balaban J connectivity index is 3.08. The highest BCUT2D eigenvalue weighted by molar-refractivity contribution is 6.18. The summed E-state index contributed by atoms with van der Waals surface area (Å²) >= 11 is 5.44. The van der Waals surface area contributed by atoms with Crippen molar-refractivity contribution in [1.82, 2.24) is 0 Å². The molecule has 1 unspecified atom stereocenters. The van der Waals surface area contributed by atoms with Crippen molar-refractivity contribution in [2.45, 2.75) is 12.3 Å². The van der Waals surface area contributed by atoms with Gasteiger partial charge in [-0.05, 0) is 23.8 Å². The molecule has 1 aromatic carbocycles. The Morgan fingerprint density at radius 2 is 2.18 bits per heavy atom. The van der Waals surface area contributed by atoms with E-state index in [1.807, 2.05) is 0 Å². The minimum absolute atomic E-state index is 0.0239. The topological polar surface area (TPSA) is 58.6 Å². The SMILES string of the molecule is COC(=O)C=Cc1ccc(C(F)(F)F)cc1NCC(O)CCl. The van der Waals surface area contributed by atoms with Gasteiger partial charge in [-0.15, -0.1) is 11.6 Å². The van der Waals surface area contributed by atoms with E-state index in [2.05, 4.69) is 10.1 Å². The van der Waals surface area contributed by atoms with Gasteiger partial charge in [0.2, 0.25) is 0 Å². The number of hydrogen-bond acceptors (Lipinski definition) is 4. The van der Waals surface area contributed by atoms with Gasteiger partial charge < -0.3 is 15.2 Å². The van der Waals surface area contributed by atoms with E-state index in [0.717, 1.165) is 18.2 Å². The maximum Gasteiger partial charge on any atom is 0.416 e. The van der Waals surface area contributed by atoms with Gasteiger partial charge in [0.05, 0.1) is 24.7 Å². The second kappa shape index (κ2) is 8.05. The van der Waals surface area contributed by atoms with Crippen LogP contribution in [0, 0.1) is 0 Å². The highest BCUT2D eigenvalue weighted by Gasteiger charge is 2.30. The van der Waals surface area contributed by atoms with E-state index in [1.54, 1.807) is 0 Å². The number of hydrogen-bond donors (Lipinski definition) is 2. The number of esters is 1. The van der Waals surface area contributed by atoms with Crippen LogP contribution in [-0.4, -0.2) is 36.7 Å². The van der Waals surface area contributed by atoms with Gasteiger partial charge >= 0.3 is 12.1 Å². The van der Waals surface area contributed by atoms with Crippen LogP contribution in [0.2, 0.25) is 0 Å². The summed E-state index contributed by atoms with van der Waals surface area (Å²) < 4.78 is 42.7. The van der Waals surface area contributed by atoms with E-state index in [4.69, 9.17) is 11.6 Å². The Morgan fingerprint density at radius 1 is 1.50 bits per heavy atom. The summed E-state index contributed by atoms with van der Waals surface area (Å²) in [6, 6.07) is 3.02. The normalized spacial score (nSPS) is 13.2.